The van der Waals surface area contributed by atoms with Gasteiger partial charge in [0.2, 0.25) is 0 Å². The molecule has 1 N–H and O–H groups in total. The summed E-state index contributed by atoms with van der Waals surface area (Å²) >= 11 is 0. The van der Waals surface area contributed by atoms with Crippen molar-refractivity contribution < 1.29 is 9.84 Å². The van der Waals surface area contributed by atoms with Gasteiger partial charge >= 0.3 is 0 Å². The molecule has 0 spiro atoms. The largest absolute Gasteiger partial charge is 0.391 e. The zero-order valence-corrected chi connectivity index (χ0v) is 17.3. The van der Waals surface area contributed by atoms with E-state index in [9.17, 15) is 5.11 Å². The Kier molecular flexibility index (Phi) is 7.33. The SMILES string of the molecule is OC1CN(CC2CCCO2)CCC1CN(Cc1ccccc1)Cc1ccccc1. The summed E-state index contributed by atoms with van der Waals surface area (Å²) in [6, 6.07) is 21.3. The van der Waals surface area contributed by atoms with Crippen LogP contribution >= 0.6 is 0 Å². The molecule has 2 heterocycles. The molecule has 2 aromatic rings. The molecule has 3 unspecified atom stereocenters. The Bertz CT molecular complexity index is 677. The van der Waals surface area contributed by atoms with E-state index in [4.69, 9.17) is 4.74 Å². The second-order valence-corrected chi connectivity index (χ2v) is 8.65. The molecule has 0 saturated carbocycles. The normalized spacial score (nSPS) is 25.5. The van der Waals surface area contributed by atoms with E-state index in [1.54, 1.807) is 0 Å². The van der Waals surface area contributed by atoms with E-state index < -0.39 is 0 Å². The van der Waals surface area contributed by atoms with Crippen LogP contribution in [0.15, 0.2) is 60.7 Å². The van der Waals surface area contributed by atoms with Crippen LogP contribution < -0.4 is 0 Å². The van der Waals surface area contributed by atoms with Crippen molar-refractivity contribution in [2.45, 2.75) is 44.6 Å². The van der Waals surface area contributed by atoms with E-state index >= 15 is 0 Å². The summed E-state index contributed by atoms with van der Waals surface area (Å²) in [6.45, 7) is 6.47. The Morgan fingerprint density at radius 1 is 0.931 bits per heavy atom. The highest BCUT2D eigenvalue weighted by molar-refractivity contribution is 5.17. The number of hydrogen-bond acceptors (Lipinski definition) is 4. The van der Waals surface area contributed by atoms with Gasteiger partial charge in [-0.1, -0.05) is 60.7 Å². The first-order chi connectivity index (χ1) is 14.3. The second-order valence-electron chi connectivity index (χ2n) is 8.65. The van der Waals surface area contributed by atoms with E-state index in [1.165, 1.54) is 17.5 Å². The van der Waals surface area contributed by atoms with Gasteiger partial charge in [-0.25, -0.2) is 0 Å². The van der Waals surface area contributed by atoms with Crippen LogP contribution in [-0.2, 0) is 17.8 Å². The molecule has 0 radical (unpaired) electrons. The molecule has 2 fully saturated rings. The Morgan fingerprint density at radius 3 is 2.14 bits per heavy atom. The number of piperidine rings is 1. The van der Waals surface area contributed by atoms with Crippen molar-refractivity contribution >= 4 is 0 Å². The number of benzene rings is 2. The maximum Gasteiger partial charge on any atom is 0.0707 e. The van der Waals surface area contributed by atoms with Gasteiger partial charge in [0.05, 0.1) is 12.2 Å². The molecule has 4 rings (SSSR count). The van der Waals surface area contributed by atoms with Gasteiger partial charge in [0.1, 0.15) is 0 Å². The maximum absolute atomic E-state index is 10.9. The first-order valence-electron chi connectivity index (χ1n) is 11.1. The molecule has 0 aliphatic carbocycles. The fraction of sp³-hybridized carbons (Fsp3) is 0.520. The first-order valence-corrected chi connectivity index (χ1v) is 11.1. The lowest BCUT2D eigenvalue weighted by molar-refractivity contribution is -0.0144. The summed E-state index contributed by atoms with van der Waals surface area (Å²) in [6.07, 6.45) is 3.49. The number of β-amino-alcohol motifs (C(OH)–C–C–N with tert-alkyl or cyclic N) is 1. The summed E-state index contributed by atoms with van der Waals surface area (Å²) < 4.78 is 5.78. The standard InChI is InChI=1S/C25H34N2O2/c28-25-20-26(19-24-12-7-15-29-24)14-13-23(25)18-27(16-21-8-3-1-4-9-21)17-22-10-5-2-6-11-22/h1-6,8-11,23-25,28H,7,12-20H2. The molecule has 4 nitrogen and oxygen atoms in total. The molecule has 3 atom stereocenters. The first kappa shape index (κ1) is 20.5. The lowest BCUT2D eigenvalue weighted by atomic mass is 9.92. The van der Waals surface area contributed by atoms with Crippen LogP contribution in [0.2, 0.25) is 0 Å². The van der Waals surface area contributed by atoms with E-state index in [1.807, 2.05) is 0 Å². The molecule has 0 bridgehead atoms. The predicted octanol–water partition coefficient (Wildman–Crippen LogP) is 3.55. The topological polar surface area (TPSA) is 35.9 Å². The number of rotatable bonds is 8. The molecule has 2 saturated heterocycles. The lowest BCUT2D eigenvalue weighted by Crippen LogP contribution is -2.49. The van der Waals surface area contributed by atoms with E-state index in [2.05, 4.69) is 70.5 Å². The highest BCUT2D eigenvalue weighted by Gasteiger charge is 2.31. The molecular formula is C25H34N2O2. The minimum atomic E-state index is -0.265. The number of aliphatic hydroxyl groups is 1. The van der Waals surface area contributed by atoms with Gasteiger partial charge in [-0.05, 0) is 36.9 Å². The van der Waals surface area contributed by atoms with Crippen LogP contribution in [0.1, 0.15) is 30.4 Å². The van der Waals surface area contributed by atoms with Crippen molar-refractivity contribution in [1.29, 1.82) is 0 Å². The van der Waals surface area contributed by atoms with Crippen molar-refractivity contribution in [3.8, 4) is 0 Å². The Hall–Kier alpha value is -1.72. The monoisotopic (exact) mass is 394 g/mol. The highest BCUT2D eigenvalue weighted by Crippen LogP contribution is 2.23. The average molecular weight is 395 g/mol. The van der Waals surface area contributed by atoms with Gasteiger partial charge in [0.25, 0.3) is 0 Å². The molecule has 2 aliphatic heterocycles. The van der Waals surface area contributed by atoms with Crippen LogP contribution in [0.4, 0.5) is 0 Å². The minimum Gasteiger partial charge on any atom is -0.391 e. The summed E-state index contributed by atoms with van der Waals surface area (Å²) in [4.78, 5) is 4.89. The van der Waals surface area contributed by atoms with Gasteiger partial charge in [-0.2, -0.15) is 0 Å². The smallest absolute Gasteiger partial charge is 0.0707 e. The van der Waals surface area contributed by atoms with Crippen LogP contribution in [0.3, 0.4) is 0 Å². The number of likely N-dealkylation sites (tertiary alicyclic amines) is 1. The Morgan fingerprint density at radius 2 is 1.59 bits per heavy atom. The third kappa shape index (κ3) is 6.13. The van der Waals surface area contributed by atoms with Crippen LogP contribution in [0, 0.1) is 5.92 Å². The van der Waals surface area contributed by atoms with Crippen molar-refractivity contribution in [2.75, 3.05) is 32.8 Å². The van der Waals surface area contributed by atoms with Crippen LogP contribution in [0.25, 0.3) is 0 Å². The van der Waals surface area contributed by atoms with E-state index in [-0.39, 0.29) is 6.10 Å². The number of ether oxygens (including phenoxy) is 1. The maximum atomic E-state index is 10.9. The highest BCUT2D eigenvalue weighted by atomic mass is 16.5. The molecule has 0 amide bonds. The zero-order valence-electron chi connectivity index (χ0n) is 17.3. The zero-order chi connectivity index (χ0) is 19.9. The summed E-state index contributed by atoms with van der Waals surface area (Å²) in [5, 5.41) is 10.9. The summed E-state index contributed by atoms with van der Waals surface area (Å²) in [5.74, 6) is 0.322. The average Bonchev–Trinajstić information content (AvgIpc) is 3.24. The number of nitrogens with zero attached hydrogens (tertiary/aromatic N) is 2. The Balaban J connectivity index is 1.36. The van der Waals surface area contributed by atoms with Crippen LogP contribution in [0.5, 0.6) is 0 Å². The lowest BCUT2D eigenvalue weighted by Gasteiger charge is -2.39. The summed E-state index contributed by atoms with van der Waals surface area (Å²) in [7, 11) is 0. The molecule has 29 heavy (non-hydrogen) atoms. The summed E-state index contributed by atoms with van der Waals surface area (Å²) in [5.41, 5.74) is 2.66. The third-order valence-corrected chi connectivity index (χ3v) is 6.28. The van der Waals surface area contributed by atoms with Gasteiger partial charge in [0, 0.05) is 45.2 Å². The molecule has 2 aliphatic rings. The molecule has 4 heteroatoms. The van der Waals surface area contributed by atoms with Crippen LogP contribution in [-0.4, -0.2) is 59.9 Å². The molecule has 2 aromatic carbocycles. The quantitative estimate of drug-likeness (QED) is 0.743. The fourth-order valence-corrected chi connectivity index (χ4v) is 4.70. The minimum absolute atomic E-state index is 0.265. The Labute approximate surface area is 175 Å². The van der Waals surface area contributed by atoms with Crippen molar-refractivity contribution in [3.63, 3.8) is 0 Å². The molecular weight excluding hydrogens is 360 g/mol. The van der Waals surface area contributed by atoms with Crippen molar-refractivity contribution in [3.05, 3.63) is 71.8 Å². The van der Waals surface area contributed by atoms with Gasteiger partial charge < -0.3 is 9.84 Å². The molecule has 0 aromatic heterocycles. The predicted molar refractivity (Wildman–Crippen MR) is 117 cm³/mol. The van der Waals surface area contributed by atoms with Crippen molar-refractivity contribution in [2.24, 2.45) is 5.92 Å². The van der Waals surface area contributed by atoms with Gasteiger partial charge in [0.15, 0.2) is 0 Å². The second kappa shape index (κ2) is 10.4. The number of aliphatic hydroxyl groups excluding tert-OH is 1. The van der Waals surface area contributed by atoms with E-state index in [0.29, 0.717) is 12.0 Å². The molecule has 156 valence electrons. The van der Waals surface area contributed by atoms with Crippen molar-refractivity contribution in [1.82, 2.24) is 9.80 Å². The van der Waals surface area contributed by atoms with E-state index in [0.717, 1.165) is 58.7 Å². The fourth-order valence-electron chi connectivity index (χ4n) is 4.70. The van der Waals surface area contributed by atoms with Gasteiger partial charge in [-0.15, -0.1) is 0 Å². The van der Waals surface area contributed by atoms with Gasteiger partial charge in [-0.3, -0.25) is 9.80 Å². The third-order valence-electron chi connectivity index (χ3n) is 6.28. The number of hydrogen-bond donors (Lipinski definition) is 1.